The summed E-state index contributed by atoms with van der Waals surface area (Å²) < 4.78 is 12.6. The number of nitrogens with one attached hydrogen (secondary N) is 1. The zero-order chi connectivity index (χ0) is 20.6. The molecule has 0 amide bonds. The third-order valence-corrected chi connectivity index (χ3v) is 4.61. The van der Waals surface area contributed by atoms with Gasteiger partial charge in [0.1, 0.15) is 6.61 Å². The van der Waals surface area contributed by atoms with Gasteiger partial charge in [-0.05, 0) is 37.6 Å². The maximum atomic E-state index is 13.0. The van der Waals surface area contributed by atoms with Crippen molar-refractivity contribution < 1.29 is 9.47 Å². The largest absolute Gasteiger partial charge is 0.493 e. The zero-order valence-corrected chi connectivity index (χ0v) is 17.1. The summed E-state index contributed by atoms with van der Waals surface area (Å²) in [6.07, 6.45) is 1.72. The summed E-state index contributed by atoms with van der Waals surface area (Å²) in [6, 6.07) is 17.1. The molecule has 0 aliphatic heterocycles. The average Bonchev–Trinajstić information content (AvgIpc) is 3.08. The van der Waals surface area contributed by atoms with E-state index in [-0.39, 0.29) is 5.56 Å². The fourth-order valence-electron chi connectivity index (χ4n) is 3.23. The van der Waals surface area contributed by atoms with Crippen molar-refractivity contribution in [2.75, 3.05) is 20.3 Å². The molecule has 0 spiro atoms. The van der Waals surface area contributed by atoms with Crippen molar-refractivity contribution in [3.8, 4) is 17.2 Å². The van der Waals surface area contributed by atoms with Crippen molar-refractivity contribution in [2.24, 2.45) is 4.99 Å². The normalized spacial score (nSPS) is 11.5. The fourth-order valence-corrected chi connectivity index (χ4v) is 3.23. The van der Waals surface area contributed by atoms with Gasteiger partial charge in [0.15, 0.2) is 11.5 Å². The summed E-state index contributed by atoms with van der Waals surface area (Å²) in [4.78, 5) is 17.6. The van der Waals surface area contributed by atoms with E-state index in [1.165, 1.54) is 0 Å². The molecule has 0 unspecified atom stereocenters. The molecule has 0 atom stereocenters. The molecule has 0 aliphatic rings. The topological polar surface area (TPSA) is 68.6 Å². The van der Waals surface area contributed by atoms with Crippen molar-refractivity contribution in [1.29, 1.82) is 0 Å². The third kappa shape index (κ3) is 4.77. The van der Waals surface area contributed by atoms with Crippen molar-refractivity contribution in [3.05, 3.63) is 76.2 Å². The molecule has 0 saturated carbocycles. The van der Waals surface area contributed by atoms with Crippen LogP contribution in [0, 0.1) is 0 Å². The highest BCUT2D eigenvalue weighted by Gasteiger charge is 2.17. The van der Waals surface area contributed by atoms with Gasteiger partial charge in [-0.1, -0.05) is 43.7 Å². The molecule has 1 N–H and O–H groups in total. The Labute approximate surface area is 170 Å². The summed E-state index contributed by atoms with van der Waals surface area (Å²) in [5.41, 5.74) is 3.01. The van der Waals surface area contributed by atoms with Crippen LogP contribution in [0.15, 0.2) is 64.4 Å². The van der Waals surface area contributed by atoms with E-state index in [1.54, 1.807) is 11.8 Å². The number of aliphatic imine (C=N–C) groups is 1. The number of rotatable bonds is 9. The van der Waals surface area contributed by atoms with Crippen LogP contribution < -0.4 is 15.0 Å². The van der Waals surface area contributed by atoms with Crippen LogP contribution in [0.5, 0.6) is 11.5 Å². The monoisotopic (exact) mass is 393 g/mol. The number of hydrogen-bond acceptors (Lipinski definition) is 4. The Bertz CT molecular complexity index is 1020. The second kappa shape index (κ2) is 9.78. The van der Waals surface area contributed by atoms with Gasteiger partial charge in [0.05, 0.1) is 24.9 Å². The molecule has 6 nitrogen and oxygen atoms in total. The molecule has 3 aromatic rings. The number of aromatic amines is 1. The molecule has 3 rings (SSSR count). The molecule has 1 aromatic heterocycles. The van der Waals surface area contributed by atoms with Crippen molar-refractivity contribution in [1.82, 2.24) is 9.78 Å². The Hall–Kier alpha value is -3.28. The van der Waals surface area contributed by atoms with E-state index in [0.717, 1.165) is 24.2 Å². The van der Waals surface area contributed by atoms with Gasteiger partial charge in [-0.25, -0.2) is 4.68 Å². The lowest BCUT2D eigenvalue weighted by molar-refractivity contribution is 0.303. The van der Waals surface area contributed by atoms with E-state index < -0.39 is 0 Å². The minimum absolute atomic E-state index is 0.0773. The smallest absolute Gasteiger partial charge is 0.280 e. The molecule has 0 radical (unpaired) electrons. The predicted octanol–water partition coefficient (Wildman–Crippen LogP) is 4.01. The highest BCUT2D eigenvalue weighted by atomic mass is 16.5. The number of ether oxygens (including phenoxy) is 2. The molecule has 1 heterocycles. The first-order valence-corrected chi connectivity index (χ1v) is 9.82. The van der Waals surface area contributed by atoms with Gasteiger partial charge in [-0.2, -0.15) is 0 Å². The first kappa shape index (κ1) is 20.5. The third-order valence-electron chi connectivity index (χ3n) is 4.61. The molecule has 152 valence electrons. The summed E-state index contributed by atoms with van der Waals surface area (Å²) >= 11 is 0. The lowest BCUT2D eigenvalue weighted by Crippen LogP contribution is -2.20. The Morgan fingerprint density at radius 2 is 1.76 bits per heavy atom. The van der Waals surface area contributed by atoms with Gasteiger partial charge in [0, 0.05) is 11.4 Å². The quantitative estimate of drug-likeness (QED) is 0.441. The summed E-state index contributed by atoms with van der Waals surface area (Å²) in [5, 5.41) is 3.26. The van der Waals surface area contributed by atoms with Crippen molar-refractivity contribution in [2.45, 2.75) is 26.7 Å². The first-order chi connectivity index (χ1) is 14.2. The van der Waals surface area contributed by atoms with Gasteiger partial charge in [-0.3, -0.25) is 14.9 Å². The molecule has 2 aromatic carbocycles. The molecule has 0 saturated heterocycles. The standard InChI is InChI=1S/C23H27N3O3/c1-4-10-19-22(23(27)26(25-19)18-11-6-5-7-12-18)17(2)24-15-16-29-21-14-9-8-13-20(21)28-3/h5-9,11-14,25H,4,10,15-16H2,1-3H3. The summed E-state index contributed by atoms with van der Waals surface area (Å²) in [5.74, 6) is 1.37. The summed E-state index contributed by atoms with van der Waals surface area (Å²) in [6.45, 7) is 4.82. The average molecular weight is 393 g/mol. The fraction of sp³-hybridized carbons (Fsp3) is 0.304. The highest BCUT2D eigenvalue weighted by molar-refractivity contribution is 5.99. The Kier molecular flexibility index (Phi) is 6.89. The van der Waals surface area contributed by atoms with Gasteiger partial charge in [0.25, 0.3) is 5.56 Å². The number of hydrogen-bond donors (Lipinski definition) is 1. The molecule has 6 heteroatoms. The van der Waals surface area contributed by atoms with E-state index in [1.807, 2.05) is 61.5 Å². The molecule has 0 aliphatic carbocycles. The van der Waals surface area contributed by atoms with Gasteiger partial charge in [-0.15, -0.1) is 0 Å². The number of para-hydroxylation sites is 3. The lowest BCUT2D eigenvalue weighted by atomic mass is 10.1. The summed E-state index contributed by atoms with van der Waals surface area (Å²) in [7, 11) is 1.61. The molecular formula is C23H27N3O3. The maximum Gasteiger partial charge on any atom is 0.280 e. The minimum Gasteiger partial charge on any atom is -0.493 e. The second-order valence-corrected chi connectivity index (χ2v) is 6.66. The Balaban J connectivity index is 1.78. The molecular weight excluding hydrogens is 366 g/mol. The van der Waals surface area contributed by atoms with E-state index >= 15 is 0 Å². The zero-order valence-electron chi connectivity index (χ0n) is 17.1. The van der Waals surface area contributed by atoms with Crippen LogP contribution in [0.2, 0.25) is 0 Å². The lowest BCUT2D eigenvalue weighted by Gasteiger charge is -2.09. The van der Waals surface area contributed by atoms with Gasteiger partial charge < -0.3 is 9.47 Å². The van der Waals surface area contributed by atoms with Crippen LogP contribution in [0.3, 0.4) is 0 Å². The molecule has 29 heavy (non-hydrogen) atoms. The SMILES string of the molecule is CCCc1[nH]n(-c2ccccc2)c(=O)c1C(C)=NCCOc1ccccc1OC. The second-order valence-electron chi connectivity index (χ2n) is 6.66. The number of nitrogens with zero attached hydrogens (tertiary/aromatic N) is 2. The van der Waals surface area contributed by atoms with Crippen LogP contribution in [0.25, 0.3) is 5.69 Å². The van der Waals surface area contributed by atoms with Gasteiger partial charge in [0.2, 0.25) is 0 Å². The number of H-pyrrole nitrogens is 1. The van der Waals surface area contributed by atoms with Crippen LogP contribution in [-0.4, -0.2) is 35.8 Å². The Morgan fingerprint density at radius 1 is 1.07 bits per heavy atom. The van der Waals surface area contributed by atoms with E-state index in [2.05, 4.69) is 17.0 Å². The number of benzene rings is 2. The van der Waals surface area contributed by atoms with E-state index in [0.29, 0.717) is 35.9 Å². The van der Waals surface area contributed by atoms with E-state index in [4.69, 9.17) is 9.47 Å². The van der Waals surface area contributed by atoms with E-state index in [9.17, 15) is 4.79 Å². The maximum absolute atomic E-state index is 13.0. The molecule has 0 fully saturated rings. The van der Waals surface area contributed by atoms with Gasteiger partial charge >= 0.3 is 0 Å². The van der Waals surface area contributed by atoms with Crippen molar-refractivity contribution >= 4 is 5.71 Å². The van der Waals surface area contributed by atoms with Crippen LogP contribution in [-0.2, 0) is 6.42 Å². The Morgan fingerprint density at radius 3 is 2.45 bits per heavy atom. The molecule has 0 bridgehead atoms. The van der Waals surface area contributed by atoms with Crippen LogP contribution in [0.1, 0.15) is 31.5 Å². The van der Waals surface area contributed by atoms with Crippen LogP contribution in [0.4, 0.5) is 0 Å². The highest BCUT2D eigenvalue weighted by Crippen LogP contribution is 2.25. The minimum atomic E-state index is -0.0773. The first-order valence-electron chi connectivity index (χ1n) is 9.82. The number of aromatic nitrogens is 2. The number of methoxy groups -OCH3 is 1. The van der Waals surface area contributed by atoms with Crippen molar-refractivity contribution in [3.63, 3.8) is 0 Å². The number of aryl methyl sites for hydroxylation is 1. The predicted molar refractivity (Wildman–Crippen MR) is 116 cm³/mol. The van der Waals surface area contributed by atoms with Crippen LogP contribution >= 0.6 is 0 Å².